The molecular formula is C8H6N2O3. The SMILES string of the molecule is O=C(O)Oc1n[nH]c2ccccc12. The van der Waals surface area contributed by atoms with Crippen LogP contribution < -0.4 is 4.74 Å². The van der Waals surface area contributed by atoms with E-state index in [-0.39, 0.29) is 5.88 Å². The Morgan fingerprint density at radius 1 is 1.46 bits per heavy atom. The average Bonchev–Trinajstić information content (AvgIpc) is 2.48. The van der Waals surface area contributed by atoms with Gasteiger partial charge in [-0.25, -0.2) is 4.79 Å². The predicted molar refractivity (Wildman–Crippen MR) is 44.7 cm³/mol. The second kappa shape index (κ2) is 2.78. The van der Waals surface area contributed by atoms with E-state index in [0.717, 1.165) is 5.52 Å². The number of fused-ring (bicyclic) bond motifs is 1. The van der Waals surface area contributed by atoms with Crippen molar-refractivity contribution in [2.45, 2.75) is 0 Å². The summed E-state index contributed by atoms with van der Waals surface area (Å²) >= 11 is 0. The molecular weight excluding hydrogens is 172 g/mol. The zero-order chi connectivity index (χ0) is 9.26. The molecule has 1 aromatic heterocycles. The smallest absolute Gasteiger partial charge is 0.449 e. The van der Waals surface area contributed by atoms with Gasteiger partial charge in [0.2, 0.25) is 0 Å². The third-order valence-electron chi connectivity index (χ3n) is 1.62. The minimum Gasteiger partial charge on any atom is -0.449 e. The number of para-hydroxylation sites is 1. The Balaban J connectivity index is 2.51. The van der Waals surface area contributed by atoms with E-state index in [9.17, 15) is 4.79 Å². The Morgan fingerprint density at radius 3 is 3.00 bits per heavy atom. The highest BCUT2D eigenvalue weighted by Gasteiger charge is 2.08. The van der Waals surface area contributed by atoms with Crippen LogP contribution in [0.15, 0.2) is 24.3 Å². The van der Waals surface area contributed by atoms with E-state index in [0.29, 0.717) is 5.39 Å². The summed E-state index contributed by atoms with van der Waals surface area (Å²) in [4.78, 5) is 10.2. The number of ether oxygens (including phenoxy) is 1. The van der Waals surface area contributed by atoms with E-state index in [2.05, 4.69) is 14.9 Å². The number of hydrogen-bond donors (Lipinski definition) is 2. The second-order valence-corrected chi connectivity index (χ2v) is 2.44. The van der Waals surface area contributed by atoms with Gasteiger partial charge in [0.05, 0.1) is 10.9 Å². The number of nitrogens with zero attached hydrogens (tertiary/aromatic N) is 1. The molecule has 0 bridgehead atoms. The van der Waals surface area contributed by atoms with Crippen LogP contribution in [-0.4, -0.2) is 21.5 Å². The van der Waals surface area contributed by atoms with Gasteiger partial charge in [0.15, 0.2) is 0 Å². The molecule has 2 aromatic rings. The molecule has 0 unspecified atom stereocenters. The third kappa shape index (κ3) is 1.31. The number of aromatic nitrogens is 2. The van der Waals surface area contributed by atoms with Crippen molar-refractivity contribution in [3.63, 3.8) is 0 Å². The first-order valence-corrected chi connectivity index (χ1v) is 3.61. The maximum atomic E-state index is 10.2. The lowest BCUT2D eigenvalue weighted by molar-refractivity contribution is 0.143. The van der Waals surface area contributed by atoms with Crippen LogP contribution in [0.4, 0.5) is 4.79 Å². The van der Waals surface area contributed by atoms with Crippen molar-refractivity contribution in [2.24, 2.45) is 0 Å². The van der Waals surface area contributed by atoms with Crippen LogP contribution in [0.1, 0.15) is 0 Å². The first-order chi connectivity index (χ1) is 6.27. The predicted octanol–water partition coefficient (Wildman–Crippen LogP) is 1.62. The highest BCUT2D eigenvalue weighted by molar-refractivity contribution is 5.85. The molecule has 0 saturated heterocycles. The molecule has 5 nitrogen and oxygen atoms in total. The summed E-state index contributed by atoms with van der Waals surface area (Å²) in [6, 6.07) is 7.13. The molecule has 0 aliphatic heterocycles. The molecule has 0 fully saturated rings. The first-order valence-electron chi connectivity index (χ1n) is 3.61. The number of H-pyrrole nitrogens is 1. The lowest BCUT2D eigenvalue weighted by Gasteiger charge is -1.92. The minimum atomic E-state index is -1.36. The number of aromatic amines is 1. The highest BCUT2D eigenvalue weighted by Crippen LogP contribution is 2.21. The maximum Gasteiger partial charge on any atom is 0.512 e. The molecule has 0 saturated carbocycles. The first kappa shape index (κ1) is 7.60. The standard InChI is InChI=1S/C8H6N2O3/c11-8(12)13-7-5-3-1-2-4-6(5)9-10-7/h1-4H,(H,9,10)(H,11,12). The van der Waals surface area contributed by atoms with Crippen molar-refractivity contribution in [2.75, 3.05) is 0 Å². The number of benzene rings is 1. The quantitative estimate of drug-likeness (QED) is 0.650. The van der Waals surface area contributed by atoms with Crippen LogP contribution in [0, 0.1) is 0 Å². The minimum absolute atomic E-state index is 0.0862. The molecule has 0 amide bonds. The Hall–Kier alpha value is -2.04. The lowest BCUT2D eigenvalue weighted by Crippen LogP contribution is -2.03. The van der Waals surface area contributed by atoms with Crippen LogP contribution >= 0.6 is 0 Å². The molecule has 0 aliphatic carbocycles. The molecule has 5 heteroatoms. The summed E-state index contributed by atoms with van der Waals surface area (Å²) in [5.74, 6) is 0.0862. The summed E-state index contributed by atoms with van der Waals surface area (Å²) in [6.07, 6.45) is -1.36. The van der Waals surface area contributed by atoms with Gasteiger partial charge in [-0.3, -0.25) is 5.10 Å². The number of nitrogens with one attached hydrogen (secondary N) is 1. The van der Waals surface area contributed by atoms with Gasteiger partial charge in [0.1, 0.15) is 0 Å². The van der Waals surface area contributed by atoms with Crippen molar-refractivity contribution in [1.29, 1.82) is 0 Å². The van der Waals surface area contributed by atoms with Gasteiger partial charge >= 0.3 is 6.16 Å². The molecule has 0 aliphatic rings. The summed E-state index contributed by atoms with van der Waals surface area (Å²) in [6.45, 7) is 0. The van der Waals surface area contributed by atoms with Crippen molar-refractivity contribution < 1.29 is 14.6 Å². The topological polar surface area (TPSA) is 75.2 Å². The van der Waals surface area contributed by atoms with Gasteiger partial charge in [0, 0.05) is 0 Å². The van der Waals surface area contributed by atoms with E-state index in [1.165, 1.54) is 0 Å². The highest BCUT2D eigenvalue weighted by atomic mass is 16.7. The van der Waals surface area contributed by atoms with Gasteiger partial charge in [-0.15, -0.1) is 5.10 Å². The number of carbonyl (C=O) groups is 1. The monoisotopic (exact) mass is 178 g/mol. The maximum absolute atomic E-state index is 10.2. The van der Waals surface area contributed by atoms with Gasteiger partial charge in [-0.2, -0.15) is 0 Å². The van der Waals surface area contributed by atoms with E-state index in [1.54, 1.807) is 18.2 Å². The molecule has 1 aromatic carbocycles. The van der Waals surface area contributed by atoms with Gasteiger partial charge in [0.25, 0.3) is 5.88 Å². The molecule has 0 spiro atoms. The number of rotatable bonds is 1. The van der Waals surface area contributed by atoms with E-state index in [1.807, 2.05) is 6.07 Å². The lowest BCUT2D eigenvalue weighted by atomic mass is 10.2. The van der Waals surface area contributed by atoms with Crippen molar-refractivity contribution in [3.05, 3.63) is 24.3 Å². The number of carboxylic acid groups (broad SMARTS) is 1. The molecule has 1 heterocycles. The largest absolute Gasteiger partial charge is 0.512 e. The molecule has 2 N–H and O–H groups in total. The zero-order valence-electron chi connectivity index (χ0n) is 6.52. The Labute approximate surface area is 72.9 Å². The van der Waals surface area contributed by atoms with Crippen LogP contribution in [0.2, 0.25) is 0 Å². The van der Waals surface area contributed by atoms with E-state index in [4.69, 9.17) is 5.11 Å². The fraction of sp³-hybridized carbons (Fsp3) is 0. The third-order valence-corrected chi connectivity index (χ3v) is 1.62. The van der Waals surface area contributed by atoms with Crippen molar-refractivity contribution in [1.82, 2.24) is 10.2 Å². The van der Waals surface area contributed by atoms with E-state index < -0.39 is 6.16 Å². The Bertz CT molecular complexity index is 449. The number of hydrogen-bond acceptors (Lipinski definition) is 3. The van der Waals surface area contributed by atoms with E-state index >= 15 is 0 Å². The summed E-state index contributed by atoms with van der Waals surface area (Å²) in [5.41, 5.74) is 0.749. The molecule has 0 radical (unpaired) electrons. The summed E-state index contributed by atoms with van der Waals surface area (Å²) in [7, 11) is 0. The molecule has 13 heavy (non-hydrogen) atoms. The normalized spacial score (nSPS) is 10.2. The fourth-order valence-corrected chi connectivity index (χ4v) is 1.10. The van der Waals surface area contributed by atoms with Crippen molar-refractivity contribution >= 4 is 17.1 Å². The Morgan fingerprint density at radius 2 is 2.23 bits per heavy atom. The molecule has 0 atom stereocenters. The van der Waals surface area contributed by atoms with Gasteiger partial charge in [-0.1, -0.05) is 12.1 Å². The molecule has 66 valence electrons. The van der Waals surface area contributed by atoms with Gasteiger partial charge in [-0.05, 0) is 12.1 Å². The summed E-state index contributed by atoms with van der Waals surface area (Å²) in [5, 5.41) is 15.4. The van der Waals surface area contributed by atoms with Crippen molar-refractivity contribution in [3.8, 4) is 5.88 Å². The Kier molecular flexibility index (Phi) is 1.63. The van der Waals surface area contributed by atoms with Crippen LogP contribution in [-0.2, 0) is 0 Å². The fourth-order valence-electron chi connectivity index (χ4n) is 1.10. The van der Waals surface area contributed by atoms with Crippen LogP contribution in [0.25, 0.3) is 10.9 Å². The van der Waals surface area contributed by atoms with Crippen LogP contribution in [0.5, 0.6) is 5.88 Å². The van der Waals surface area contributed by atoms with Crippen LogP contribution in [0.3, 0.4) is 0 Å². The van der Waals surface area contributed by atoms with Gasteiger partial charge < -0.3 is 9.84 Å². The zero-order valence-corrected chi connectivity index (χ0v) is 6.52. The molecule has 2 rings (SSSR count). The average molecular weight is 178 g/mol. The summed E-state index contributed by atoms with van der Waals surface area (Å²) < 4.78 is 4.44. The second-order valence-electron chi connectivity index (χ2n) is 2.44.